The van der Waals surface area contributed by atoms with E-state index >= 15 is 0 Å². The van der Waals surface area contributed by atoms with Gasteiger partial charge in [-0.15, -0.1) is 0 Å². The lowest BCUT2D eigenvalue weighted by Crippen LogP contribution is -2.47. The van der Waals surface area contributed by atoms with Gasteiger partial charge in [0.25, 0.3) is 5.91 Å². The van der Waals surface area contributed by atoms with E-state index in [1.165, 1.54) is 0 Å². The quantitative estimate of drug-likeness (QED) is 0.725. The van der Waals surface area contributed by atoms with Crippen LogP contribution < -0.4 is 10.6 Å². The molecular weight excluding hydrogens is 248 g/mol. The van der Waals surface area contributed by atoms with Gasteiger partial charge < -0.3 is 15.4 Å². The highest BCUT2D eigenvalue weighted by atomic mass is 16.5. The van der Waals surface area contributed by atoms with E-state index in [4.69, 9.17) is 4.74 Å². The SMILES string of the molecule is CC(C)(C)C(=O)OCC(=O)NC1CCCCNC1=O. The molecule has 1 aliphatic rings. The van der Waals surface area contributed by atoms with Crippen molar-refractivity contribution in [1.82, 2.24) is 10.6 Å². The number of carbonyl (C=O) groups excluding carboxylic acids is 3. The smallest absolute Gasteiger partial charge is 0.311 e. The maximum absolute atomic E-state index is 11.6. The number of nitrogens with one attached hydrogen (secondary N) is 2. The topological polar surface area (TPSA) is 84.5 Å². The number of ether oxygens (including phenoxy) is 1. The summed E-state index contributed by atoms with van der Waals surface area (Å²) in [5.74, 6) is -1.05. The molecule has 1 atom stereocenters. The van der Waals surface area contributed by atoms with Crippen LogP contribution in [0.1, 0.15) is 40.0 Å². The van der Waals surface area contributed by atoms with Gasteiger partial charge in [0.2, 0.25) is 5.91 Å². The number of hydrogen-bond donors (Lipinski definition) is 2. The van der Waals surface area contributed by atoms with Crippen molar-refractivity contribution in [2.45, 2.75) is 46.1 Å². The maximum atomic E-state index is 11.6. The van der Waals surface area contributed by atoms with E-state index < -0.39 is 23.3 Å². The summed E-state index contributed by atoms with van der Waals surface area (Å²) in [6, 6.07) is -0.525. The zero-order valence-electron chi connectivity index (χ0n) is 11.7. The van der Waals surface area contributed by atoms with Crippen molar-refractivity contribution in [2.75, 3.05) is 13.2 Å². The van der Waals surface area contributed by atoms with Crippen LogP contribution in [0.2, 0.25) is 0 Å². The van der Waals surface area contributed by atoms with Crippen LogP contribution in [-0.4, -0.2) is 37.0 Å². The maximum Gasteiger partial charge on any atom is 0.311 e. The third-order valence-corrected chi connectivity index (χ3v) is 2.82. The summed E-state index contributed by atoms with van der Waals surface area (Å²) in [5.41, 5.74) is -0.639. The van der Waals surface area contributed by atoms with Crippen LogP contribution in [0.5, 0.6) is 0 Å². The van der Waals surface area contributed by atoms with Gasteiger partial charge in [0.05, 0.1) is 5.41 Å². The van der Waals surface area contributed by atoms with Crippen LogP contribution >= 0.6 is 0 Å². The van der Waals surface area contributed by atoms with Crippen molar-refractivity contribution >= 4 is 17.8 Å². The summed E-state index contributed by atoms with van der Waals surface area (Å²) >= 11 is 0. The fourth-order valence-corrected chi connectivity index (χ4v) is 1.66. The molecule has 0 aromatic rings. The Bertz CT molecular complexity index is 360. The normalized spacial score (nSPS) is 20.2. The zero-order valence-corrected chi connectivity index (χ0v) is 11.7. The lowest BCUT2D eigenvalue weighted by molar-refractivity contribution is -0.156. The average molecular weight is 270 g/mol. The minimum Gasteiger partial charge on any atom is -0.455 e. The molecule has 0 bridgehead atoms. The number of rotatable bonds is 3. The highest BCUT2D eigenvalue weighted by molar-refractivity contribution is 5.89. The third kappa shape index (κ3) is 5.28. The van der Waals surface area contributed by atoms with Gasteiger partial charge in [0, 0.05) is 6.54 Å². The summed E-state index contributed by atoms with van der Waals surface area (Å²) in [7, 11) is 0. The Morgan fingerprint density at radius 3 is 2.68 bits per heavy atom. The molecule has 0 aromatic carbocycles. The van der Waals surface area contributed by atoms with Crippen LogP contribution in [-0.2, 0) is 19.1 Å². The average Bonchev–Trinajstić information content (AvgIpc) is 2.51. The van der Waals surface area contributed by atoms with E-state index in [0.717, 1.165) is 12.8 Å². The van der Waals surface area contributed by atoms with E-state index in [1.807, 2.05) is 0 Å². The van der Waals surface area contributed by atoms with Gasteiger partial charge in [-0.25, -0.2) is 0 Å². The number of carbonyl (C=O) groups is 3. The summed E-state index contributed by atoms with van der Waals surface area (Å²) in [6.07, 6.45) is 2.41. The third-order valence-electron chi connectivity index (χ3n) is 2.82. The molecule has 2 amide bonds. The van der Waals surface area contributed by atoms with Gasteiger partial charge in [-0.1, -0.05) is 0 Å². The first kappa shape index (κ1) is 15.5. The predicted molar refractivity (Wildman–Crippen MR) is 69.2 cm³/mol. The van der Waals surface area contributed by atoms with Crippen LogP contribution in [0.25, 0.3) is 0 Å². The molecule has 0 aliphatic carbocycles. The van der Waals surface area contributed by atoms with Crippen molar-refractivity contribution in [3.05, 3.63) is 0 Å². The van der Waals surface area contributed by atoms with Crippen molar-refractivity contribution in [1.29, 1.82) is 0 Å². The van der Waals surface area contributed by atoms with Crippen molar-refractivity contribution in [2.24, 2.45) is 5.41 Å². The molecule has 108 valence electrons. The van der Waals surface area contributed by atoms with E-state index in [2.05, 4.69) is 10.6 Å². The minimum atomic E-state index is -0.639. The molecule has 0 aromatic heterocycles. The Balaban J connectivity index is 2.38. The molecular formula is C13H22N2O4. The standard InChI is InChI=1S/C13H22N2O4/c1-13(2,3)12(18)19-8-10(16)15-9-6-4-5-7-14-11(9)17/h9H,4-8H2,1-3H3,(H,14,17)(H,15,16). The molecule has 6 heteroatoms. The highest BCUT2D eigenvalue weighted by Crippen LogP contribution is 2.14. The minimum absolute atomic E-state index is 0.173. The molecule has 2 N–H and O–H groups in total. The van der Waals surface area contributed by atoms with E-state index in [9.17, 15) is 14.4 Å². The molecule has 19 heavy (non-hydrogen) atoms. The Hall–Kier alpha value is -1.59. The second-order valence-corrected chi connectivity index (χ2v) is 5.73. The lowest BCUT2D eigenvalue weighted by Gasteiger charge is -2.18. The molecule has 6 nitrogen and oxygen atoms in total. The second-order valence-electron chi connectivity index (χ2n) is 5.73. The fraction of sp³-hybridized carbons (Fsp3) is 0.769. The number of esters is 1. The van der Waals surface area contributed by atoms with E-state index in [0.29, 0.717) is 13.0 Å². The molecule has 1 aliphatic heterocycles. The van der Waals surface area contributed by atoms with Crippen molar-refractivity contribution < 1.29 is 19.1 Å². The first-order chi connectivity index (χ1) is 8.80. The summed E-state index contributed by atoms with van der Waals surface area (Å²) in [5, 5.41) is 5.31. The van der Waals surface area contributed by atoms with E-state index in [-0.39, 0.29) is 12.5 Å². The second kappa shape index (κ2) is 6.54. The fourth-order valence-electron chi connectivity index (χ4n) is 1.66. The van der Waals surface area contributed by atoms with Crippen LogP contribution in [0, 0.1) is 5.41 Å². The van der Waals surface area contributed by atoms with Gasteiger partial charge in [0.15, 0.2) is 6.61 Å². The molecule has 1 heterocycles. The first-order valence-corrected chi connectivity index (χ1v) is 6.55. The summed E-state index contributed by atoms with van der Waals surface area (Å²) in [6.45, 7) is 5.44. The molecule has 1 saturated heterocycles. The summed E-state index contributed by atoms with van der Waals surface area (Å²) in [4.78, 5) is 34.7. The molecule has 1 fully saturated rings. The predicted octanol–water partition coefficient (Wildman–Crippen LogP) is 0.361. The van der Waals surface area contributed by atoms with Gasteiger partial charge in [-0.3, -0.25) is 14.4 Å². The van der Waals surface area contributed by atoms with Gasteiger partial charge in [-0.2, -0.15) is 0 Å². The van der Waals surface area contributed by atoms with Crippen LogP contribution in [0.3, 0.4) is 0 Å². The molecule has 1 rings (SSSR count). The number of hydrogen-bond acceptors (Lipinski definition) is 4. The van der Waals surface area contributed by atoms with Crippen LogP contribution in [0.15, 0.2) is 0 Å². The van der Waals surface area contributed by atoms with Gasteiger partial charge in [-0.05, 0) is 40.0 Å². The molecule has 0 radical (unpaired) electrons. The Morgan fingerprint density at radius 2 is 2.05 bits per heavy atom. The monoisotopic (exact) mass is 270 g/mol. The number of amides is 2. The molecule has 0 saturated carbocycles. The van der Waals surface area contributed by atoms with Gasteiger partial charge >= 0.3 is 5.97 Å². The Kier molecular flexibility index (Phi) is 5.32. The van der Waals surface area contributed by atoms with Crippen molar-refractivity contribution in [3.63, 3.8) is 0 Å². The summed E-state index contributed by atoms with van der Waals surface area (Å²) < 4.78 is 4.89. The van der Waals surface area contributed by atoms with E-state index in [1.54, 1.807) is 20.8 Å². The zero-order chi connectivity index (χ0) is 14.5. The Labute approximate surface area is 113 Å². The highest BCUT2D eigenvalue weighted by Gasteiger charge is 2.26. The first-order valence-electron chi connectivity index (χ1n) is 6.55. The van der Waals surface area contributed by atoms with Crippen LogP contribution in [0.4, 0.5) is 0 Å². The largest absolute Gasteiger partial charge is 0.455 e. The lowest BCUT2D eigenvalue weighted by atomic mass is 9.97. The molecule has 1 unspecified atom stereocenters. The van der Waals surface area contributed by atoms with Crippen molar-refractivity contribution in [3.8, 4) is 0 Å². The Morgan fingerprint density at radius 1 is 1.37 bits per heavy atom. The molecule has 0 spiro atoms. The van der Waals surface area contributed by atoms with Gasteiger partial charge in [0.1, 0.15) is 6.04 Å².